The molecule has 1 aromatic heterocycles. The molecule has 1 aromatic rings. The number of hydrogen-bond donors (Lipinski definition) is 1. The minimum absolute atomic E-state index is 0.344. The summed E-state index contributed by atoms with van der Waals surface area (Å²) in [6, 6.07) is 0.344. The minimum atomic E-state index is 0.344. The van der Waals surface area contributed by atoms with E-state index in [1.54, 1.807) is 0 Å². The summed E-state index contributed by atoms with van der Waals surface area (Å²) in [5, 5.41) is 5.29. The Kier molecular flexibility index (Phi) is 3.55. The maximum absolute atomic E-state index is 6.33. The summed E-state index contributed by atoms with van der Waals surface area (Å²) in [6.45, 7) is 2.08. The molecule has 4 heteroatoms. The number of aryl methyl sites for hydroxylation is 2. The third-order valence-corrected chi connectivity index (χ3v) is 4.11. The van der Waals surface area contributed by atoms with Gasteiger partial charge in [0, 0.05) is 13.1 Å². The molecule has 0 saturated heterocycles. The van der Waals surface area contributed by atoms with Crippen LogP contribution in [0.15, 0.2) is 0 Å². The van der Waals surface area contributed by atoms with E-state index in [-0.39, 0.29) is 0 Å². The van der Waals surface area contributed by atoms with E-state index < -0.39 is 0 Å². The molecule has 1 fully saturated rings. The van der Waals surface area contributed by atoms with Crippen molar-refractivity contribution < 1.29 is 0 Å². The number of hydrogen-bond acceptors (Lipinski definition) is 2. The average Bonchev–Trinajstić information content (AvgIpc) is 2.77. The van der Waals surface area contributed by atoms with E-state index in [1.807, 2.05) is 11.7 Å². The highest BCUT2D eigenvalue weighted by atomic mass is 35.5. The van der Waals surface area contributed by atoms with Gasteiger partial charge in [-0.2, -0.15) is 5.10 Å². The minimum Gasteiger partial charge on any atom is -0.327 e. The van der Waals surface area contributed by atoms with Crippen molar-refractivity contribution in [3.8, 4) is 0 Å². The first-order chi connectivity index (χ1) is 7.63. The van der Waals surface area contributed by atoms with Gasteiger partial charge >= 0.3 is 0 Å². The smallest absolute Gasteiger partial charge is 0.0849 e. The lowest BCUT2D eigenvalue weighted by Crippen LogP contribution is -2.26. The van der Waals surface area contributed by atoms with E-state index >= 15 is 0 Å². The Labute approximate surface area is 102 Å². The van der Waals surface area contributed by atoms with Gasteiger partial charge in [0.15, 0.2) is 0 Å². The molecule has 3 nitrogen and oxygen atoms in total. The lowest BCUT2D eigenvalue weighted by Gasteiger charge is -2.15. The van der Waals surface area contributed by atoms with Crippen LogP contribution in [-0.2, 0) is 19.9 Å². The van der Waals surface area contributed by atoms with Crippen LogP contribution in [0.1, 0.15) is 37.6 Å². The predicted octanol–water partition coefficient (Wildman–Crippen LogP) is 2.31. The lowest BCUT2D eigenvalue weighted by atomic mass is 9.98. The summed E-state index contributed by atoms with van der Waals surface area (Å²) in [5.74, 6) is 0.581. The van der Waals surface area contributed by atoms with E-state index in [0.29, 0.717) is 12.0 Å². The van der Waals surface area contributed by atoms with Crippen molar-refractivity contribution in [1.82, 2.24) is 9.78 Å². The fourth-order valence-electron chi connectivity index (χ4n) is 2.61. The van der Waals surface area contributed by atoms with E-state index in [0.717, 1.165) is 35.7 Å². The molecule has 0 aliphatic heterocycles. The molecule has 0 radical (unpaired) electrons. The Morgan fingerprint density at radius 2 is 2.25 bits per heavy atom. The molecule has 90 valence electrons. The summed E-state index contributed by atoms with van der Waals surface area (Å²) in [4.78, 5) is 0. The normalized spacial score (nSPS) is 25.2. The molecule has 0 bridgehead atoms. The maximum atomic E-state index is 6.33. The molecule has 2 N–H and O–H groups in total. The van der Waals surface area contributed by atoms with Gasteiger partial charge in [0.2, 0.25) is 0 Å². The Balaban J connectivity index is 2.17. The van der Waals surface area contributed by atoms with Crippen LogP contribution >= 0.6 is 11.6 Å². The fourth-order valence-corrected chi connectivity index (χ4v) is 2.98. The molecular formula is C12H20ClN3. The van der Waals surface area contributed by atoms with Gasteiger partial charge in [-0.05, 0) is 31.6 Å². The highest BCUT2D eigenvalue weighted by Crippen LogP contribution is 2.30. The van der Waals surface area contributed by atoms with Crippen LogP contribution in [0.4, 0.5) is 0 Å². The molecule has 1 heterocycles. The third kappa shape index (κ3) is 2.11. The quantitative estimate of drug-likeness (QED) is 0.883. The van der Waals surface area contributed by atoms with Gasteiger partial charge in [0.05, 0.1) is 16.4 Å². The Morgan fingerprint density at radius 3 is 2.75 bits per heavy atom. The maximum Gasteiger partial charge on any atom is 0.0849 e. The van der Waals surface area contributed by atoms with Gasteiger partial charge in [0.25, 0.3) is 0 Å². The standard InChI is InChI=1S/C12H20ClN3/c1-3-10-12(13)11(16(2)15-10)7-8-5-4-6-9(8)14/h8-9H,3-7,14H2,1-2H3. The van der Waals surface area contributed by atoms with E-state index in [2.05, 4.69) is 12.0 Å². The Morgan fingerprint density at radius 1 is 1.50 bits per heavy atom. The number of halogens is 1. The molecule has 2 atom stereocenters. The summed E-state index contributed by atoms with van der Waals surface area (Å²) in [7, 11) is 1.97. The van der Waals surface area contributed by atoms with Gasteiger partial charge in [-0.25, -0.2) is 0 Å². The van der Waals surface area contributed by atoms with Crippen molar-refractivity contribution in [1.29, 1.82) is 0 Å². The van der Waals surface area contributed by atoms with E-state index in [9.17, 15) is 0 Å². The van der Waals surface area contributed by atoms with Gasteiger partial charge in [0.1, 0.15) is 0 Å². The predicted molar refractivity (Wildman–Crippen MR) is 66.6 cm³/mol. The highest BCUT2D eigenvalue weighted by molar-refractivity contribution is 6.31. The van der Waals surface area contributed by atoms with Crippen molar-refractivity contribution in [2.24, 2.45) is 18.7 Å². The summed E-state index contributed by atoms with van der Waals surface area (Å²) in [6.07, 6.45) is 5.50. The van der Waals surface area contributed by atoms with Crippen molar-refractivity contribution in [3.63, 3.8) is 0 Å². The summed E-state index contributed by atoms with van der Waals surface area (Å²) >= 11 is 6.33. The van der Waals surface area contributed by atoms with Gasteiger partial charge in [-0.1, -0.05) is 24.9 Å². The van der Waals surface area contributed by atoms with Crippen molar-refractivity contribution in [2.75, 3.05) is 0 Å². The second-order valence-electron chi connectivity index (χ2n) is 4.74. The van der Waals surface area contributed by atoms with Crippen molar-refractivity contribution in [3.05, 3.63) is 16.4 Å². The third-order valence-electron chi connectivity index (χ3n) is 3.68. The topological polar surface area (TPSA) is 43.8 Å². The largest absolute Gasteiger partial charge is 0.327 e. The number of nitrogens with zero attached hydrogens (tertiary/aromatic N) is 2. The molecule has 0 aromatic carbocycles. The van der Waals surface area contributed by atoms with Crippen LogP contribution in [0, 0.1) is 5.92 Å². The SMILES string of the molecule is CCc1nn(C)c(CC2CCCC2N)c1Cl. The van der Waals surface area contributed by atoms with Crippen LogP contribution in [0.5, 0.6) is 0 Å². The van der Waals surface area contributed by atoms with E-state index in [4.69, 9.17) is 17.3 Å². The summed E-state index contributed by atoms with van der Waals surface area (Å²) in [5.41, 5.74) is 8.25. The van der Waals surface area contributed by atoms with Crippen molar-refractivity contribution in [2.45, 2.75) is 45.1 Å². The zero-order valence-corrected chi connectivity index (χ0v) is 10.8. The fraction of sp³-hybridized carbons (Fsp3) is 0.750. The molecule has 1 saturated carbocycles. The summed E-state index contributed by atoms with van der Waals surface area (Å²) < 4.78 is 1.92. The molecule has 2 unspecified atom stereocenters. The first-order valence-electron chi connectivity index (χ1n) is 6.09. The second kappa shape index (κ2) is 4.76. The van der Waals surface area contributed by atoms with Crippen molar-refractivity contribution >= 4 is 11.6 Å². The second-order valence-corrected chi connectivity index (χ2v) is 5.12. The molecule has 1 aliphatic rings. The van der Waals surface area contributed by atoms with Crippen LogP contribution in [0.3, 0.4) is 0 Å². The van der Waals surface area contributed by atoms with Gasteiger partial charge < -0.3 is 5.73 Å². The molecule has 16 heavy (non-hydrogen) atoms. The lowest BCUT2D eigenvalue weighted by molar-refractivity contribution is 0.463. The average molecular weight is 242 g/mol. The van der Waals surface area contributed by atoms with Crippen LogP contribution in [0.2, 0.25) is 5.02 Å². The molecular weight excluding hydrogens is 222 g/mol. The van der Waals surface area contributed by atoms with Crippen LogP contribution < -0.4 is 5.73 Å². The first kappa shape index (κ1) is 11.9. The number of rotatable bonds is 3. The monoisotopic (exact) mass is 241 g/mol. The molecule has 0 spiro atoms. The van der Waals surface area contributed by atoms with Gasteiger partial charge in [-0.15, -0.1) is 0 Å². The first-order valence-corrected chi connectivity index (χ1v) is 6.47. The van der Waals surface area contributed by atoms with Crippen LogP contribution in [-0.4, -0.2) is 15.8 Å². The Bertz CT molecular complexity index is 373. The highest BCUT2D eigenvalue weighted by Gasteiger charge is 2.26. The van der Waals surface area contributed by atoms with Gasteiger partial charge in [-0.3, -0.25) is 4.68 Å². The van der Waals surface area contributed by atoms with E-state index in [1.165, 1.54) is 12.8 Å². The zero-order valence-electron chi connectivity index (χ0n) is 10.0. The molecule has 0 amide bonds. The number of aromatic nitrogens is 2. The number of nitrogens with two attached hydrogens (primary N) is 1. The Hall–Kier alpha value is -0.540. The molecule has 2 rings (SSSR count). The zero-order chi connectivity index (χ0) is 11.7. The molecule has 1 aliphatic carbocycles. The van der Waals surface area contributed by atoms with Crippen LogP contribution in [0.25, 0.3) is 0 Å².